The number of H-pyrrole nitrogens is 2. The lowest BCUT2D eigenvalue weighted by molar-refractivity contribution is 0.0914. The van der Waals surface area contributed by atoms with E-state index in [9.17, 15) is 9.59 Å². The Labute approximate surface area is 156 Å². The molecular formula is C20H23N5O2. The summed E-state index contributed by atoms with van der Waals surface area (Å²) in [5, 5.41) is 7.69. The first-order valence-corrected chi connectivity index (χ1v) is 9.05. The van der Waals surface area contributed by atoms with Crippen LogP contribution in [0.5, 0.6) is 0 Å². The molecule has 140 valence electrons. The van der Waals surface area contributed by atoms with Gasteiger partial charge in [-0.1, -0.05) is 32.0 Å². The van der Waals surface area contributed by atoms with E-state index in [2.05, 4.69) is 53.3 Å². The highest BCUT2D eigenvalue weighted by molar-refractivity contribution is 5.92. The van der Waals surface area contributed by atoms with Crippen LogP contribution in [0, 0.1) is 12.3 Å². The number of carbonyl (C=O) groups excluding carboxylic acids is 1. The molecule has 1 aliphatic carbocycles. The van der Waals surface area contributed by atoms with Crippen LogP contribution in [-0.2, 0) is 6.42 Å². The Kier molecular flexibility index (Phi) is 4.02. The molecule has 2 heterocycles. The molecule has 2 aromatic heterocycles. The summed E-state index contributed by atoms with van der Waals surface area (Å²) in [6.07, 6.45) is 4.93. The van der Waals surface area contributed by atoms with E-state index in [1.165, 1.54) is 6.20 Å². The second-order valence-electron chi connectivity index (χ2n) is 7.97. The van der Waals surface area contributed by atoms with Crippen molar-refractivity contribution in [2.45, 2.75) is 39.7 Å². The summed E-state index contributed by atoms with van der Waals surface area (Å²) in [6.45, 7) is 6.46. The van der Waals surface area contributed by atoms with Crippen LogP contribution >= 0.6 is 0 Å². The molecule has 0 aliphatic heterocycles. The number of hydrogen-bond acceptors (Lipinski definition) is 3. The van der Waals surface area contributed by atoms with Gasteiger partial charge in [0, 0.05) is 11.8 Å². The van der Waals surface area contributed by atoms with Crippen molar-refractivity contribution >= 4 is 5.91 Å². The summed E-state index contributed by atoms with van der Waals surface area (Å²) in [4.78, 5) is 28.8. The summed E-state index contributed by atoms with van der Waals surface area (Å²) < 4.78 is 1.99. The Bertz CT molecular complexity index is 1060. The predicted molar refractivity (Wildman–Crippen MR) is 102 cm³/mol. The molecule has 1 aliphatic rings. The highest BCUT2D eigenvalue weighted by atomic mass is 16.2. The molecule has 1 unspecified atom stereocenters. The van der Waals surface area contributed by atoms with Gasteiger partial charge in [-0.05, 0) is 36.8 Å². The van der Waals surface area contributed by atoms with Crippen molar-refractivity contribution in [1.29, 1.82) is 0 Å². The lowest BCUT2D eigenvalue weighted by Gasteiger charge is -2.36. The first-order valence-electron chi connectivity index (χ1n) is 9.05. The topological polar surface area (TPSA) is 95.6 Å². The summed E-state index contributed by atoms with van der Waals surface area (Å²) in [7, 11) is 0. The highest BCUT2D eigenvalue weighted by Crippen LogP contribution is 2.41. The van der Waals surface area contributed by atoms with Crippen molar-refractivity contribution < 1.29 is 4.79 Å². The molecule has 1 amide bonds. The van der Waals surface area contributed by atoms with Crippen molar-refractivity contribution in [3.05, 3.63) is 69.7 Å². The van der Waals surface area contributed by atoms with E-state index in [0.29, 0.717) is 0 Å². The van der Waals surface area contributed by atoms with Crippen LogP contribution < -0.4 is 11.0 Å². The number of hydrogen-bond donors (Lipinski definition) is 3. The van der Waals surface area contributed by atoms with Crippen molar-refractivity contribution in [3.63, 3.8) is 0 Å². The quantitative estimate of drug-likeness (QED) is 0.666. The zero-order valence-corrected chi connectivity index (χ0v) is 15.7. The van der Waals surface area contributed by atoms with E-state index in [1.54, 1.807) is 0 Å². The third-order valence-electron chi connectivity index (χ3n) is 5.17. The van der Waals surface area contributed by atoms with Crippen LogP contribution in [0.4, 0.5) is 0 Å². The fourth-order valence-electron chi connectivity index (χ4n) is 3.87. The summed E-state index contributed by atoms with van der Waals surface area (Å²) in [5.41, 5.74) is 4.20. The number of benzene rings is 1. The van der Waals surface area contributed by atoms with Crippen LogP contribution in [0.15, 0.2) is 41.5 Å². The molecule has 3 N–H and O–H groups in total. The van der Waals surface area contributed by atoms with E-state index < -0.39 is 5.69 Å². The Morgan fingerprint density at radius 1 is 1.33 bits per heavy atom. The Balaban J connectivity index is 1.71. The number of amides is 1. The van der Waals surface area contributed by atoms with Gasteiger partial charge in [0.1, 0.15) is 5.69 Å². The van der Waals surface area contributed by atoms with E-state index in [0.717, 1.165) is 35.3 Å². The fourth-order valence-corrected chi connectivity index (χ4v) is 3.87. The molecule has 7 heteroatoms. The largest absolute Gasteiger partial charge is 0.344 e. The van der Waals surface area contributed by atoms with Crippen LogP contribution in [0.25, 0.3) is 5.69 Å². The zero-order chi connectivity index (χ0) is 19.2. The molecule has 1 aromatic carbocycles. The van der Waals surface area contributed by atoms with Crippen LogP contribution in [0.3, 0.4) is 0 Å². The highest BCUT2D eigenvalue weighted by Gasteiger charge is 2.36. The van der Waals surface area contributed by atoms with Gasteiger partial charge in [0.2, 0.25) is 0 Å². The molecule has 0 radical (unpaired) electrons. The minimum Gasteiger partial charge on any atom is -0.344 e. The van der Waals surface area contributed by atoms with Crippen LogP contribution in [0.1, 0.15) is 53.6 Å². The Hall–Kier alpha value is -3.09. The maximum atomic E-state index is 12.5. The molecule has 3 aromatic rings. The number of aromatic amines is 2. The molecule has 0 fully saturated rings. The normalized spacial score (nSPS) is 18.1. The maximum absolute atomic E-state index is 12.5. The number of para-hydroxylation sites is 1. The Morgan fingerprint density at radius 2 is 2.11 bits per heavy atom. The minimum absolute atomic E-state index is 0.0109. The molecular weight excluding hydrogens is 342 g/mol. The molecule has 1 atom stereocenters. The maximum Gasteiger partial charge on any atom is 0.323 e. The molecule has 0 saturated carbocycles. The number of carbonyl (C=O) groups is 1. The number of aromatic nitrogens is 4. The summed E-state index contributed by atoms with van der Waals surface area (Å²) in [6, 6.07) is 7.99. The first-order chi connectivity index (χ1) is 12.8. The second-order valence-corrected chi connectivity index (χ2v) is 7.97. The van der Waals surface area contributed by atoms with Gasteiger partial charge in [0.05, 0.1) is 23.6 Å². The molecule has 0 bridgehead atoms. The number of aryl methyl sites for hydroxylation is 1. The number of nitrogens with zero attached hydrogens (tertiary/aromatic N) is 2. The lowest BCUT2D eigenvalue weighted by Crippen LogP contribution is -2.37. The minimum atomic E-state index is -0.391. The smallest absolute Gasteiger partial charge is 0.323 e. The van der Waals surface area contributed by atoms with Crippen molar-refractivity contribution in [2.75, 3.05) is 0 Å². The van der Waals surface area contributed by atoms with E-state index >= 15 is 0 Å². The number of rotatable bonds is 3. The molecule has 27 heavy (non-hydrogen) atoms. The van der Waals surface area contributed by atoms with Crippen LogP contribution in [0.2, 0.25) is 0 Å². The third-order valence-corrected chi connectivity index (χ3v) is 5.17. The van der Waals surface area contributed by atoms with E-state index in [4.69, 9.17) is 0 Å². The second kappa shape index (κ2) is 6.26. The molecule has 0 spiro atoms. The number of fused-ring (bicyclic) bond motifs is 1. The number of nitrogens with one attached hydrogen (secondary N) is 3. The molecule has 7 nitrogen and oxygen atoms in total. The summed E-state index contributed by atoms with van der Waals surface area (Å²) in [5.74, 6) is -0.300. The molecule has 4 rings (SSSR count). The van der Waals surface area contributed by atoms with Gasteiger partial charge in [0.15, 0.2) is 0 Å². The SMILES string of the molecule is Cc1ccccc1-n1ncc2c1CC(C)(C)CC2NC(=O)c1c[nH]c(=O)[nH]1. The predicted octanol–water partition coefficient (Wildman–Crippen LogP) is 2.64. The monoisotopic (exact) mass is 365 g/mol. The average Bonchev–Trinajstić information content (AvgIpc) is 3.21. The van der Waals surface area contributed by atoms with Gasteiger partial charge in [-0.25, -0.2) is 9.48 Å². The summed E-state index contributed by atoms with van der Waals surface area (Å²) >= 11 is 0. The van der Waals surface area contributed by atoms with E-state index in [-0.39, 0.29) is 23.1 Å². The van der Waals surface area contributed by atoms with Crippen molar-refractivity contribution in [2.24, 2.45) is 5.41 Å². The van der Waals surface area contributed by atoms with Gasteiger partial charge >= 0.3 is 5.69 Å². The van der Waals surface area contributed by atoms with Crippen molar-refractivity contribution in [1.82, 2.24) is 25.1 Å². The average molecular weight is 365 g/mol. The Morgan fingerprint density at radius 3 is 2.81 bits per heavy atom. The van der Waals surface area contributed by atoms with Gasteiger partial charge < -0.3 is 15.3 Å². The van der Waals surface area contributed by atoms with E-state index in [1.807, 2.05) is 23.0 Å². The fraction of sp³-hybridized carbons (Fsp3) is 0.350. The van der Waals surface area contributed by atoms with Crippen molar-refractivity contribution in [3.8, 4) is 5.69 Å². The zero-order valence-electron chi connectivity index (χ0n) is 15.7. The van der Waals surface area contributed by atoms with Gasteiger partial charge in [-0.15, -0.1) is 0 Å². The van der Waals surface area contributed by atoms with Gasteiger partial charge in [-0.2, -0.15) is 5.10 Å². The lowest BCUT2D eigenvalue weighted by atomic mass is 9.74. The number of imidazole rings is 1. The molecule has 0 saturated heterocycles. The van der Waals surface area contributed by atoms with Gasteiger partial charge in [0.25, 0.3) is 5.91 Å². The third kappa shape index (κ3) is 3.20. The first kappa shape index (κ1) is 17.3. The van der Waals surface area contributed by atoms with Crippen LogP contribution in [-0.4, -0.2) is 25.7 Å². The standard InChI is InChI=1S/C20H23N5O2/c1-12-6-4-5-7-16(12)25-17-9-20(2,3)8-14(13(17)10-22-25)23-18(26)15-11-21-19(27)24-15/h4-7,10-11,14H,8-9H2,1-3H3,(H,23,26)(H2,21,24,27). The van der Waals surface area contributed by atoms with Gasteiger partial charge in [-0.3, -0.25) is 4.79 Å².